The lowest BCUT2D eigenvalue weighted by Gasteiger charge is -2.34. The number of ether oxygens (including phenoxy) is 3. The van der Waals surface area contributed by atoms with Crippen LogP contribution in [0.15, 0.2) is 85.1 Å². The first-order valence-electron chi connectivity index (χ1n) is 24.1. The molecule has 0 spiro atoms. The van der Waals surface area contributed by atoms with Crippen LogP contribution in [0.4, 0.5) is 0 Å². The fraction of sp³-hybridized carbons (Fsp3) is 0.679. The average Bonchev–Trinajstić information content (AvgIpc) is 3.22. The van der Waals surface area contributed by atoms with Crippen molar-refractivity contribution >= 4 is 17.9 Å². The van der Waals surface area contributed by atoms with Gasteiger partial charge in [0, 0.05) is 19.3 Å². The van der Waals surface area contributed by atoms with Crippen LogP contribution in [0.5, 0.6) is 0 Å². The maximum absolute atomic E-state index is 12.8. The van der Waals surface area contributed by atoms with Gasteiger partial charge in [-0.05, 0) is 89.9 Å². The first-order valence-corrected chi connectivity index (χ1v) is 24.1. The lowest BCUT2D eigenvalue weighted by Crippen LogP contribution is -2.55. The smallest absolute Gasteiger partial charge is 0.306 e. The SMILES string of the molecule is CC/C=C/C/C=C/C/C=C/CCCCCCCCC(=O)OCC(COCCC(C(=O)[O-])[N+](C)(C)C)OC(=O)CCCCCCC/C=C/C/C=C/C/C=C/C/C=C/CCCCC. The van der Waals surface area contributed by atoms with Crippen molar-refractivity contribution in [1.29, 1.82) is 0 Å². The highest BCUT2D eigenvalue weighted by molar-refractivity contribution is 5.70. The number of carboxylic acid groups (broad SMARTS) is 1. The van der Waals surface area contributed by atoms with Gasteiger partial charge in [0.2, 0.25) is 0 Å². The third-order valence-electron chi connectivity index (χ3n) is 10.3. The van der Waals surface area contributed by atoms with Gasteiger partial charge in [0.1, 0.15) is 12.6 Å². The Morgan fingerprint density at radius 3 is 1.36 bits per heavy atom. The van der Waals surface area contributed by atoms with E-state index in [1.807, 2.05) is 0 Å². The van der Waals surface area contributed by atoms with E-state index in [0.29, 0.717) is 12.8 Å². The Hall–Kier alpha value is -3.49. The standard InChI is InChI=1S/C53H89NO7/c1-6-8-10-12-14-16-18-20-22-24-25-26-27-28-30-32-34-36-38-40-42-44-52(56)61-49(47-59-46-45-50(53(57)58)54(3,4)5)48-60-51(55)43-41-39-37-35-33-31-29-23-21-19-17-15-13-11-9-7-2/h9,11,14-17,20-23,25-26,28,30,49-50H,6-8,10,12-13,18-19,24,27,29,31-48H2,1-5H3/b11-9+,16-14+,17-15+,22-20+,23-21+,26-25+,30-28+. The van der Waals surface area contributed by atoms with Crippen LogP contribution in [0.25, 0.3) is 0 Å². The Kier molecular flexibility index (Phi) is 40.7. The van der Waals surface area contributed by atoms with Crippen LogP contribution in [-0.4, -0.2) is 75.5 Å². The molecule has 8 heteroatoms. The Bertz CT molecular complexity index is 1270. The Morgan fingerprint density at radius 1 is 0.508 bits per heavy atom. The maximum Gasteiger partial charge on any atom is 0.306 e. The number of carbonyl (C=O) groups is 3. The third kappa shape index (κ3) is 41.6. The number of carbonyl (C=O) groups excluding carboxylic acids is 3. The first-order chi connectivity index (χ1) is 29.6. The Morgan fingerprint density at radius 2 is 0.918 bits per heavy atom. The second-order valence-corrected chi connectivity index (χ2v) is 17.0. The number of hydrogen-bond acceptors (Lipinski definition) is 7. The summed E-state index contributed by atoms with van der Waals surface area (Å²) in [5.74, 6) is -1.78. The van der Waals surface area contributed by atoms with Crippen LogP contribution in [0.3, 0.4) is 0 Å². The number of unbranched alkanes of at least 4 members (excludes halogenated alkanes) is 14. The Labute approximate surface area is 373 Å². The summed E-state index contributed by atoms with van der Waals surface area (Å²) in [5, 5.41) is 11.6. The first kappa shape index (κ1) is 57.5. The van der Waals surface area contributed by atoms with Gasteiger partial charge in [-0.1, -0.05) is 157 Å². The number of esters is 2. The number of aliphatic carboxylic acids is 1. The second-order valence-electron chi connectivity index (χ2n) is 17.0. The lowest BCUT2D eigenvalue weighted by molar-refractivity contribution is -0.889. The molecule has 0 N–H and O–H groups in total. The summed E-state index contributed by atoms with van der Waals surface area (Å²) in [6, 6.07) is -0.736. The van der Waals surface area contributed by atoms with Gasteiger partial charge < -0.3 is 28.6 Å². The van der Waals surface area contributed by atoms with E-state index in [9.17, 15) is 19.5 Å². The minimum Gasteiger partial charge on any atom is -0.544 e. The number of nitrogens with zero attached hydrogens (tertiary/aromatic N) is 1. The highest BCUT2D eigenvalue weighted by Gasteiger charge is 2.25. The molecule has 61 heavy (non-hydrogen) atoms. The van der Waals surface area contributed by atoms with Crippen LogP contribution in [0, 0.1) is 0 Å². The van der Waals surface area contributed by atoms with E-state index in [1.54, 1.807) is 21.1 Å². The van der Waals surface area contributed by atoms with Crippen LogP contribution in [0.1, 0.15) is 181 Å². The molecule has 8 nitrogen and oxygen atoms in total. The van der Waals surface area contributed by atoms with Crippen molar-refractivity contribution in [2.75, 3.05) is 41.0 Å². The predicted octanol–water partition coefficient (Wildman–Crippen LogP) is 12.4. The number of hydrogen-bond donors (Lipinski definition) is 0. The van der Waals surface area contributed by atoms with Crippen LogP contribution in [0.2, 0.25) is 0 Å². The van der Waals surface area contributed by atoms with Crippen molar-refractivity contribution in [1.82, 2.24) is 0 Å². The summed E-state index contributed by atoms with van der Waals surface area (Å²) in [7, 11) is 5.39. The molecule has 348 valence electrons. The molecule has 0 fully saturated rings. The molecule has 0 amide bonds. The van der Waals surface area contributed by atoms with Gasteiger partial charge in [-0.2, -0.15) is 0 Å². The van der Waals surface area contributed by atoms with Crippen molar-refractivity contribution in [3.8, 4) is 0 Å². The van der Waals surface area contributed by atoms with Crippen LogP contribution in [-0.2, 0) is 28.6 Å². The monoisotopic (exact) mass is 852 g/mol. The zero-order valence-electron chi connectivity index (χ0n) is 39.5. The zero-order chi connectivity index (χ0) is 44.9. The minimum absolute atomic E-state index is 0.0238. The average molecular weight is 852 g/mol. The van der Waals surface area contributed by atoms with E-state index < -0.39 is 18.1 Å². The summed E-state index contributed by atoms with van der Waals surface area (Å²) in [6.07, 6.45) is 56.0. The molecule has 0 aliphatic heterocycles. The van der Waals surface area contributed by atoms with Crippen molar-refractivity contribution in [3.05, 3.63) is 85.1 Å². The summed E-state index contributed by atoms with van der Waals surface area (Å²) in [5.41, 5.74) is 0. The molecule has 0 bridgehead atoms. The number of likely N-dealkylation sites (N-methyl/N-ethyl adjacent to an activating group) is 1. The van der Waals surface area contributed by atoms with Gasteiger partial charge >= 0.3 is 11.9 Å². The van der Waals surface area contributed by atoms with Crippen LogP contribution >= 0.6 is 0 Å². The second kappa shape index (κ2) is 43.2. The highest BCUT2D eigenvalue weighted by Crippen LogP contribution is 2.13. The summed E-state index contributed by atoms with van der Waals surface area (Å²) in [4.78, 5) is 37.0. The van der Waals surface area contributed by atoms with Crippen LogP contribution < -0.4 is 5.11 Å². The molecule has 0 heterocycles. The highest BCUT2D eigenvalue weighted by atomic mass is 16.6. The van der Waals surface area contributed by atoms with Gasteiger partial charge in [-0.25, -0.2) is 0 Å². The molecule has 0 aromatic carbocycles. The van der Waals surface area contributed by atoms with Crippen molar-refractivity contribution in [2.24, 2.45) is 0 Å². The predicted molar refractivity (Wildman–Crippen MR) is 254 cm³/mol. The van der Waals surface area contributed by atoms with Crippen molar-refractivity contribution in [3.63, 3.8) is 0 Å². The topological polar surface area (TPSA) is 102 Å². The maximum atomic E-state index is 12.8. The molecule has 0 saturated carbocycles. The van der Waals surface area contributed by atoms with Gasteiger partial charge in [0.25, 0.3) is 0 Å². The molecule has 0 radical (unpaired) electrons. The van der Waals surface area contributed by atoms with Crippen molar-refractivity contribution < 1.29 is 38.2 Å². The fourth-order valence-electron chi connectivity index (χ4n) is 6.54. The quantitative estimate of drug-likeness (QED) is 0.0261. The van der Waals surface area contributed by atoms with Gasteiger partial charge in [0.05, 0.1) is 40.3 Å². The van der Waals surface area contributed by atoms with Crippen molar-refractivity contribution in [2.45, 2.75) is 193 Å². The molecule has 2 atom stereocenters. The molecular weight excluding hydrogens is 763 g/mol. The van der Waals surface area contributed by atoms with E-state index in [4.69, 9.17) is 14.2 Å². The van der Waals surface area contributed by atoms with E-state index >= 15 is 0 Å². The summed E-state index contributed by atoms with van der Waals surface area (Å²) >= 11 is 0. The lowest BCUT2D eigenvalue weighted by atomic mass is 10.1. The molecule has 0 aliphatic carbocycles. The third-order valence-corrected chi connectivity index (χ3v) is 10.3. The summed E-state index contributed by atoms with van der Waals surface area (Å²) in [6.45, 7) is 4.48. The van der Waals surface area contributed by atoms with Gasteiger partial charge in [-0.3, -0.25) is 9.59 Å². The zero-order valence-corrected chi connectivity index (χ0v) is 39.5. The molecule has 0 aromatic heterocycles. The molecule has 0 rings (SSSR count). The van der Waals surface area contributed by atoms with E-state index in [0.717, 1.165) is 109 Å². The summed E-state index contributed by atoms with van der Waals surface area (Å²) < 4.78 is 17.2. The minimum atomic E-state index is -1.13. The number of allylic oxidation sites excluding steroid dienone is 14. The van der Waals surface area contributed by atoms with Gasteiger partial charge in [-0.15, -0.1) is 0 Å². The van der Waals surface area contributed by atoms with E-state index in [1.165, 1.54) is 38.5 Å². The molecule has 0 aromatic rings. The normalized spacial score (nSPS) is 13.7. The van der Waals surface area contributed by atoms with E-state index in [2.05, 4.69) is 98.9 Å². The molecule has 0 saturated heterocycles. The number of rotatable bonds is 42. The number of carboxylic acids is 1. The molecular formula is C53H89NO7. The molecule has 0 aliphatic rings. The molecule has 2 unspecified atom stereocenters. The fourth-order valence-corrected chi connectivity index (χ4v) is 6.54. The number of quaternary nitrogens is 1. The van der Waals surface area contributed by atoms with Gasteiger partial charge in [0.15, 0.2) is 6.10 Å². The van der Waals surface area contributed by atoms with E-state index in [-0.39, 0.29) is 42.7 Å². The Balaban J connectivity index is 4.37. The largest absolute Gasteiger partial charge is 0.544 e.